The molecule has 1 N–H and O–H groups in total. The molecule has 0 aliphatic heterocycles. The second-order valence-electron chi connectivity index (χ2n) is 2.64. The van der Waals surface area contributed by atoms with Gasteiger partial charge in [-0.2, -0.15) is 0 Å². The van der Waals surface area contributed by atoms with Crippen LogP contribution in [0.2, 0.25) is 0 Å². The fourth-order valence-corrected chi connectivity index (χ4v) is 0.720. The molecule has 0 bridgehead atoms. The van der Waals surface area contributed by atoms with Crippen LogP contribution in [-0.2, 0) is 0 Å². The van der Waals surface area contributed by atoms with Gasteiger partial charge >= 0.3 is 0 Å². The first-order valence-corrected chi connectivity index (χ1v) is 4.28. The van der Waals surface area contributed by atoms with Crippen molar-refractivity contribution in [3.8, 4) is 0 Å². The molecular weight excluding hydrogens is 144 g/mol. The monoisotopic (exact) mass is 162 g/mol. The van der Waals surface area contributed by atoms with E-state index < -0.39 is 0 Å². The second kappa shape index (κ2) is 6.01. The van der Waals surface area contributed by atoms with Crippen LogP contribution in [0.25, 0.3) is 0 Å². The van der Waals surface area contributed by atoms with E-state index in [0.29, 0.717) is 0 Å². The summed E-state index contributed by atoms with van der Waals surface area (Å²) in [5, 5.41) is 3.27. The Morgan fingerprint density at radius 2 is 2.10 bits per heavy atom. The van der Waals surface area contributed by atoms with Gasteiger partial charge in [0, 0.05) is 0 Å². The van der Waals surface area contributed by atoms with Crippen LogP contribution in [-0.4, -0.2) is 31.0 Å². The van der Waals surface area contributed by atoms with Gasteiger partial charge in [0.1, 0.15) is 5.50 Å². The van der Waals surface area contributed by atoms with E-state index >= 15 is 0 Å². The molecule has 0 fully saturated rings. The quantitative estimate of drug-likeness (QED) is 0.358. The van der Waals surface area contributed by atoms with Crippen molar-refractivity contribution in [2.24, 2.45) is 0 Å². The van der Waals surface area contributed by atoms with E-state index in [9.17, 15) is 0 Å². The van der Waals surface area contributed by atoms with Crippen LogP contribution in [0.1, 0.15) is 19.8 Å². The molecule has 0 radical (unpaired) electrons. The third-order valence-corrected chi connectivity index (χ3v) is 1.99. The van der Waals surface area contributed by atoms with Gasteiger partial charge in [0.05, 0.1) is 0 Å². The highest BCUT2D eigenvalue weighted by Crippen LogP contribution is 1.93. The predicted octanol–water partition coefficient (Wildman–Crippen LogP) is 1.15. The normalized spacial score (nSPS) is 14.1. The lowest BCUT2D eigenvalue weighted by molar-refractivity contribution is 0.336. The van der Waals surface area contributed by atoms with Gasteiger partial charge in [-0.1, -0.05) is 13.3 Å². The Bertz CT molecular complexity index is 76.0. The summed E-state index contributed by atoms with van der Waals surface area (Å²) in [5.41, 5.74) is 0.201. The highest BCUT2D eigenvalue weighted by molar-refractivity contribution is 7.80. The molecule has 62 valence electrons. The highest BCUT2D eigenvalue weighted by Gasteiger charge is 2.01. The zero-order chi connectivity index (χ0) is 7.98. The fourth-order valence-electron chi connectivity index (χ4n) is 0.591. The average Bonchev–Trinajstić information content (AvgIpc) is 1.88. The Morgan fingerprint density at radius 1 is 1.50 bits per heavy atom. The summed E-state index contributed by atoms with van der Waals surface area (Å²) < 4.78 is 0. The Labute approximate surface area is 69.4 Å². The zero-order valence-corrected chi connectivity index (χ0v) is 7.99. The van der Waals surface area contributed by atoms with E-state index in [0.717, 1.165) is 6.54 Å². The fraction of sp³-hybridized carbons (Fsp3) is 1.00. The maximum Gasteiger partial charge on any atom is 0.105 e. The van der Waals surface area contributed by atoms with E-state index in [2.05, 4.69) is 24.9 Å². The molecule has 0 aromatic rings. The first-order chi connectivity index (χ1) is 4.68. The maximum atomic E-state index is 4.31. The zero-order valence-electron chi connectivity index (χ0n) is 7.09. The van der Waals surface area contributed by atoms with Crippen LogP contribution in [0.15, 0.2) is 0 Å². The molecule has 0 aromatic heterocycles. The van der Waals surface area contributed by atoms with Gasteiger partial charge in [-0.3, -0.25) is 10.2 Å². The van der Waals surface area contributed by atoms with E-state index in [4.69, 9.17) is 0 Å². The van der Waals surface area contributed by atoms with Crippen molar-refractivity contribution in [3.63, 3.8) is 0 Å². The molecule has 0 spiro atoms. The number of thiol groups is 1. The molecule has 2 nitrogen and oxygen atoms in total. The molecule has 0 amide bonds. The van der Waals surface area contributed by atoms with Crippen molar-refractivity contribution >= 4 is 12.6 Å². The smallest absolute Gasteiger partial charge is 0.105 e. The van der Waals surface area contributed by atoms with Crippen molar-refractivity contribution in [1.82, 2.24) is 10.2 Å². The van der Waals surface area contributed by atoms with Crippen LogP contribution in [0.4, 0.5) is 0 Å². The number of unbranched alkanes of at least 4 members (excludes halogenated alkanes) is 1. The first-order valence-electron chi connectivity index (χ1n) is 3.76. The minimum Gasteiger partial charge on any atom is -0.293 e. The summed E-state index contributed by atoms with van der Waals surface area (Å²) in [6.45, 7) is 3.24. The summed E-state index contributed by atoms with van der Waals surface area (Å²) in [6, 6.07) is 0. The van der Waals surface area contributed by atoms with Gasteiger partial charge in [0.25, 0.3) is 0 Å². The molecule has 0 aromatic carbocycles. The van der Waals surface area contributed by atoms with E-state index in [1.54, 1.807) is 0 Å². The van der Waals surface area contributed by atoms with E-state index in [1.165, 1.54) is 12.8 Å². The van der Waals surface area contributed by atoms with E-state index in [-0.39, 0.29) is 5.50 Å². The molecule has 0 aliphatic rings. The molecule has 0 rings (SSSR count). The van der Waals surface area contributed by atoms with Crippen molar-refractivity contribution < 1.29 is 0 Å². The summed E-state index contributed by atoms with van der Waals surface area (Å²) in [5.74, 6) is 0. The number of hydrogen-bond acceptors (Lipinski definition) is 3. The molecule has 1 atom stereocenters. The Balaban J connectivity index is 3.13. The third-order valence-electron chi connectivity index (χ3n) is 1.35. The SMILES string of the molecule is CCCCNC(S)N(C)C. The van der Waals surface area contributed by atoms with Crippen molar-refractivity contribution in [2.45, 2.75) is 25.3 Å². The average molecular weight is 162 g/mol. The largest absolute Gasteiger partial charge is 0.293 e. The van der Waals surface area contributed by atoms with Crippen LogP contribution < -0.4 is 5.32 Å². The molecule has 3 heteroatoms. The Kier molecular flexibility index (Phi) is 6.17. The molecular formula is C7H18N2S. The van der Waals surface area contributed by atoms with Crippen LogP contribution >= 0.6 is 12.6 Å². The van der Waals surface area contributed by atoms with E-state index in [1.807, 2.05) is 19.0 Å². The molecule has 10 heavy (non-hydrogen) atoms. The molecule has 1 unspecified atom stereocenters. The third kappa shape index (κ3) is 5.09. The van der Waals surface area contributed by atoms with Gasteiger partial charge in [-0.25, -0.2) is 0 Å². The number of hydrogen-bond donors (Lipinski definition) is 2. The number of nitrogens with one attached hydrogen (secondary N) is 1. The van der Waals surface area contributed by atoms with Crippen molar-refractivity contribution in [2.75, 3.05) is 20.6 Å². The second-order valence-corrected chi connectivity index (χ2v) is 3.13. The van der Waals surface area contributed by atoms with Gasteiger partial charge in [-0.05, 0) is 27.1 Å². The molecule has 0 heterocycles. The van der Waals surface area contributed by atoms with Crippen molar-refractivity contribution in [1.29, 1.82) is 0 Å². The first kappa shape index (κ1) is 10.3. The highest BCUT2D eigenvalue weighted by atomic mass is 32.1. The standard InChI is InChI=1S/C7H18N2S/c1-4-5-6-8-7(10)9(2)3/h7-8,10H,4-6H2,1-3H3. The lowest BCUT2D eigenvalue weighted by atomic mass is 10.3. The topological polar surface area (TPSA) is 15.3 Å². The summed E-state index contributed by atoms with van der Waals surface area (Å²) in [6.07, 6.45) is 2.46. The van der Waals surface area contributed by atoms with Gasteiger partial charge in [0.15, 0.2) is 0 Å². The lowest BCUT2D eigenvalue weighted by Gasteiger charge is -2.19. The summed E-state index contributed by atoms with van der Waals surface area (Å²) >= 11 is 4.31. The van der Waals surface area contributed by atoms with Crippen LogP contribution in [0.3, 0.4) is 0 Å². The summed E-state index contributed by atoms with van der Waals surface area (Å²) in [4.78, 5) is 2.04. The van der Waals surface area contributed by atoms with Crippen LogP contribution in [0, 0.1) is 0 Å². The lowest BCUT2D eigenvalue weighted by Crippen LogP contribution is -2.37. The maximum absolute atomic E-state index is 4.31. The predicted molar refractivity (Wildman–Crippen MR) is 49.4 cm³/mol. The number of nitrogens with zero attached hydrogens (tertiary/aromatic N) is 1. The Morgan fingerprint density at radius 3 is 2.50 bits per heavy atom. The Hall–Kier alpha value is 0.270. The summed E-state index contributed by atoms with van der Waals surface area (Å²) in [7, 11) is 4.02. The van der Waals surface area contributed by atoms with Gasteiger partial charge in [-0.15, -0.1) is 12.6 Å². The van der Waals surface area contributed by atoms with Gasteiger partial charge < -0.3 is 0 Å². The minimum absolute atomic E-state index is 0.201. The molecule has 0 saturated carbocycles. The van der Waals surface area contributed by atoms with Gasteiger partial charge in [0.2, 0.25) is 0 Å². The molecule has 0 saturated heterocycles. The minimum atomic E-state index is 0.201. The van der Waals surface area contributed by atoms with Crippen molar-refractivity contribution in [3.05, 3.63) is 0 Å². The molecule has 0 aliphatic carbocycles. The van der Waals surface area contributed by atoms with Crippen LogP contribution in [0.5, 0.6) is 0 Å². The number of rotatable bonds is 5.